The number of nitrogens with zero attached hydrogens (tertiary/aromatic N) is 4. The van der Waals surface area contributed by atoms with Crippen LogP contribution in [0.4, 0.5) is 39.1 Å². The quantitative estimate of drug-likeness (QED) is 0.371. The normalized spacial score (nSPS) is 19.8. The molecule has 12 heteroatoms. The Bertz CT molecular complexity index is 1450. The highest BCUT2D eigenvalue weighted by atomic mass is 19.3. The summed E-state index contributed by atoms with van der Waals surface area (Å²) in [6, 6.07) is 6.74. The molecule has 42 heavy (non-hydrogen) atoms. The van der Waals surface area contributed by atoms with E-state index in [1.54, 1.807) is 17.0 Å². The number of carbonyl (C=O) groups is 1. The van der Waals surface area contributed by atoms with Gasteiger partial charge in [0.15, 0.2) is 5.82 Å². The van der Waals surface area contributed by atoms with Crippen molar-refractivity contribution in [2.75, 3.05) is 61.5 Å². The van der Waals surface area contributed by atoms with E-state index in [1.807, 2.05) is 25.8 Å². The first-order valence-corrected chi connectivity index (χ1v) is 13.7. The topological polar surface area (TPSA) is 60.9 Å². The molecule has 224 valence electrons. The summed E-state index contributed by atoms with van der Waals surface area (Å²) in [6.45, 7) is 7.09. The number of rotatable bonds is 6. The molecule has 1 N–H and O–H groups in total. The van der Waals surface area contributed by atoms with Crippen LogP contribution in [0.1, 0.15) is 36.2 Å². The second-order valence-corrected chi connectivity index (χ2v) is 10.7. The molecule has 1 aromatic heterocycles. The van der Waals surface area contributed by atoms with Crippen LogP contribution in [0, 0.1) is 17.5 Å². The van der Waals surface area contributed by atoms with Crippen molar-refractivity contribution in [3.63, 3.8) is 0 Å². The van der Waals surface area contributed by atoms with E-state index in [1.165, 1.54) is 6.20 Å². The molecule has 0 saturated carbocycles. The number of morpholine rings is 1. The summed E-state index contributed by atoms with van der Waals surface area (Å²) in [4.78, 5) is 23.5. The van der Waals surface area contributed by atoms with Crippen molar-refractivity contribution in [3.05, 3.63) is 71.2 Å². The van der Waals surface area contributed by atoms with Gasteiger partial charge < -0.3 is 24.8 Å². The minimum atomic E-state index is -3.15. The highest BCUT2D eigenvalue weighted by Gasteiger charge is 2.30. The molecule has 0 bridgehead atoms. The predicted octanol–water partition coefficient (Wildman–Crippen LogP) is 5.72. The number of amides is 1. The Hall–Kier alpha value is -3.77. The van der Waals surface area contributed by atoms with Gasteiger partial charge in [0.05, 0.1) is 24.0 Å². The highest BCUT2D eigenvalue weighted by molar-refractivity contribution is 6.07. The Labute approximate surface area is 240 Å². The fraction of sp³-hybridized carbons (Fsp3) is 0.400. The van der Waals surface area contributed by atoms with E-state index < -0.39 is 46.5 Å². The molecular weight excluding hydrogens is 557 g/mol. The van der Waals surface area contributed by atoms with E-state index in [0.717, 1.165) is 18.2 Å². The maximum atomic E-state index is 16.4. The Morgan fingerprint density at radius 3 is 2.48 bits per heavy atom. The first-order valence-electron chi connectivity index (χ1n) is 13.7. The molecule has 2 atom stereocenters. The average molecular weight is 590 g/mol. The molecule has 2 aliphatic heterocycles. The molecule has 2 fully saturated rings. The van der Waals surface area contributed by atoms with E-state index in [2.05, 4.69) is 15.2 Å². The third kappa shape index (κ3) is 6.05. The van der Waals surface area contributed by atoms with Crippen LogP contribution in [0.3, 0.4) is 0 Å². The number of anilines is 3. The molecule has 2 aromatic carbocycles. The molecule has 0 unspecified atom stereocenters. The van der Waals surface area contributed by atoms with E-state index in [4.69, 9.17) is 4.74 Å². The molecule has 2 saturated heterocycles. The third-order valence-corrected chi connectivity index (χ3v) is 7.83. The van der Waals surface area contributed by atoms with Gasteiger partial charge in [-0.25, -0.2) is 26.9 Å². The Morgan fingerprint density at radius 1 is 1.02 bits per heavy atom. The SMILES string of the molecule is C[C@H]1CN(c2ccc(-c3c(F)cc(N4CCN(C)[C@@H](C)C4)c(NC(=O)c4ccc(F)cc4C(F)F)c3F)cn2)CCO1. The van der Waals surface area contributed by atoms with E-state index in [-0.39, 0.29) is 29.1 Å². The Balaban J connectivity index is 1.55. The number of hydrogen-bond donors (Lipinski definition) is 1. The number of benzene rings is 2. The summed E-state index contributed by atoms with van der Waals surface area (Å²) in [5.41, 5.74) is -1.90. The molecule has 3 heterocycles. The maximum absolute atomic E-state index is 16.4. The minimum Gasteiger partial charge on any atom is -0.375 e. The monoisotopic (exact) mass is 589 g/mol. The van der Waals surface area contributed by atoms with Gasteiger partial charge in [-0.15, -0.1) is 0 Å². The van der Waals surface area contributed by atoms with Crippen LogP contribution in [0.25, 0.3) is 11.1 Å². The van der Waals surface area contributed by atoms with Crippen molar-refractivity contribution < 1.29 is 31.5 Å². The van der Waals surface area contributed by atoms with Crippen LogP contribution < -0.4 is 15.1 Å². The van der Waals surface area contributed by atoms with Gasteiger partial charge in [0.1, 0.15) is 23.1 Å². The van der Waals surface area contributed by atoms with Gasteiger partial charge in [-0.2, -0.15) is 0 Å². The molecule has 2 aliphatic rings. The lowest BCUT2D eigenvalue weighted by Gasteiger charge is -2.39. The largest absolute Gasteiger partial charge is 0.375 e. The standard InChI is InChI=1S/C30H32F5N5O2/c1-17-15-39(9-8-38(17)3)24-13-23(32)26(19-4-7-25(36-14-19)40-10-11-42-18(2)16-40)27(33)28(24)37-30(41)21-6-5-20(31)12-22(21)29(34)35/h4-7,12-14,17-18,29H,8-11,15-16H2,1-3H3,(H,37,41)/t17-,18-/m0/s1. The van der Waals surface area contributed by atoms with E-state index >= 15 is 8.78 Å². The number of alkyl halides is 2. The molecule has 1 amide bonds. The number of ether oxygens (including phenoxy) is 1. The smallest absolute Gasteiger partial charge is 0.264 e. The summed E-state index contributed by atoms with van der Waals surface area (Å²) in [5, 5.41) is 2.40. The lowest BCUT2D eigenvalue weighted by atomic mass is 10.0. The van der Waals surface area contributed by atoms with Gasteiger partial charge in [-0.05, 0) is 51.2 Å². The number of likely N-dealkylation sites (N-methyl/N-ethyl adjacent to an activating group) is 1. The van der Waals surface area contributed by atoms with Gasteiger partial charge >= 0.3 is 0 Å². The Kier molecular flexibility index (Phi) is 8.65. The van der Waals surface area contributed by atoms with Crippen LogP contribution in [0.15, 0.2) is 42.6 Å². The fourth-order valence-corrected chi connectivity index (χ4v) is 5.36. The van der Waals surface area contributed by atoms with Crippen molar-refractivity contribution in [3.8, 4) is 11.1 Å². The molecule has 3 aromatic rings. The zero-order chi connectivity index (χ0) is 30.1. The number of piperazine rings is 1. The number of hydrogen-bond acceptors (Lipinski definition) is 6. The fourth-order valence-electron chi connectivity index (χ4n) is 5.36. The summed E-state index contributed by atoms with van der Waals surface area (Å²) in [6.07, 6.45) is -1.78. The van der Waals surface area contributed by atoms with Crippen LogP contribution in [-0.4, -0.2) is 74.3 Å². The predicted molar refractivity (Wildman–Crippen MR) is 151 cm³/mol. The Morgan fingerprint density at radius 2 is 1.81 bits per heavy atom. The number of aromatic nitrogens is 1. The zero-order valence-electron chi connectivity index (χ0n) is 23.5. The third-order valence-electron chi connectivity index (χ3n) is 7.83. The molecule has 5 rings (SSSR count). The molecule has 7 nitrogen and oxygen atoms in total. The van der Waals surface area contributed by atoms with Gasteiger partial charge in [-0.3, -0.25) is 4.79 Å². The van der Waals surface area contributed by atoms with Crippen molar-refractivity contribution >= 4 is 23.1 Å². The number of halogens is 5. The first-order chi connectivity index (χ1) is 20.0. The minimum absolute atomic E-state index is 0.0119. The van der Waals surface area contributed by atoms with Crippen molar-refractivity contribution in [2.24, 2.45) is 0 Å². The second kappa shape index (κ2) is 12.2. The summed E-state index contributed by atoms with van der Waals surface area (Å²) < 4.78 is 78.6. The van der Waals surface area contributed by atoms with Gasteiger partial charge in [0.25, 0.3) is 12.3 Å². The lowest BCUT2D eigenvalue weighted by molar-refractivity contribution is 0.0529. The number of pyridine rings is 1. The molecule has 0 aliphatic carbocycles. The van der Waals surface area contributed by atoms with Crippen molar-refractivity contribution in [2.45, 2.75) is 32.4 Å². The van der Waals surface area contributed by atoms with Gasteiger partial charge in [0, 0.05) is 67.7 Å². The van der Waals surface area contributed by atoms with E-state index in [0.29, 0.717) is 51.2 Å². The van der Waals surface area contributed by atoms with Crippen LogP contribution in [0.2, 0.25) is 0 Å². The van der Waals surface area contributed by atoms with Gasteiger partial charge in [-0.1, -0.05) is 0 Å². The average Bonchev–Trinajstić information content (AvgIpc) is 2.96. The van der Waals surface area contributed by atoms with Crippen LogP contribution in [-0.2, 0) is 4.74 Å². The first kappa shape index (κ1) is 29.7. The zero-order valence-corrected chi connectivity index (χ0v) is 23.5. The molecule has 0 spiro atoms. The summed E-state index contributed by atoms with van der Waals surface area (Å²) in [7, 11) is 1.93. The van der Waals surface area contributed by atoms with Crippen LogP contribution in [0.5, 0.6) is 0 Å². The number of carbonyl (C=O) groups excluding carboxylic acids is 1. The summed E-state index contributed by atoms with van der Waals surface area (Å²) in [5.74, 6) is -3.31. The van der Waals surface area contributed by atoms with Crippen LogP contribution >= 0.6 is 0 Å². The van der Waals surface area contributed by atoms with Crippen molar-refractivity contribution in [1.82, 2.24) is 9.88 Å². The highest BCUT2D eigenvalue weighted by Crippen LogP contribution is 2.39. The summed E-state index contributed by atoms with van der Waals surface area (Å²) >= 11 is 0. The maximum Gasteiger partial charge on any atom is 0.264 e. The molecular formula is C30H32F5N5O2. The van der Waals surface area contributed by atoms with Gasteiger partial charge in [0.2, 0.25) is 0 Å². The molecule has 0 radical (unpaired) electrons. The van der Waals surface area contributed by atoms with Crippen molar-refractivity contribution in [1.29, 1.82) is 0 Å². The second-order valence-electron chi connectivity index (χ2n) is 10.7. The lowest BCUT2D eigenvalue weighted by Crippen LogP contribution is -2.50. The van der Waals surface area contributed by atoms with E-state index in [9.17, 15) is 18.0 Å². The number of nitrogens with one attached hydrogen (secondary N) is 1.